The number of benzene rings is 2. The molecule has 138 valence electrons. The van der Waals surface area contributed by atoms with Crippen molar-refractivity contribution < 1.29 is 9.47 Å². The number of aromatic nitrogens is 2. The topological polar surface area (TPSA) is 56.2 Å². The Bertz CT molecular complexity index is 1090. The lowest BCUT2D eigenvalue weighted by Gasteiger charge is -2.11. The van der Waals surface area contributed by atoms with Gasteiger partial charge in [0.1, 0.15) is 6.61 Å². The van der Waals surface area contributed by atoms with E-state index in [0.29, 0.717) is 35.3 Å². The zero-order chi connectivity index (χ0) is 19.2. The average molecular weight is 362 g/mol. The van der Waals surface area contributed by atoms with Gasteiger partial charge in [0.15, 0.2) is 11.5 Å². The predicted molar refractivity (Wildman–Crippen MR) is 108 cm³/mol. The average Bonchev–Trinajstić information content (AvgIpc) is 2.96. The Morgan fingerprint density at radius 3 is 2.59 bits per heavy atom. The third-order valence-electron chi connectivity index (χ3n) is 3.96. The molecule has 0 amide bonds. The Morgan fingerprint density at radius 1 is 1.11 bits per heavy atom. The normalized spacial score (nSPS) is 11.4. The van der Waals surface area contributed by atoms with Crippen LogP contribution in [0.2, 0.25) is 0 Å². The third-order valence-corrected chi connectivity index (χ3v) is 3.96. The van der Waals surface area contributed by atoms with Gasteiger partial charge in [0, 0.05) is 0 Å². The molecule has 1 aromatic heterocycles. The molecule has 0 aliphatic rings. The number of rotatable bonds is 7. The van der Waals surface area contributed by atoms with E-state index in [4.69, 9.17) is 9.47 Å². The van der Waals surface area contributed by atoms with Gasteiger partial charge in [-0.05, 0) is 42.8 Å². The van der Waals surface area contributed by atoms with E-state index in [1.165, 1.54) is 4.68 Å². The number of ether oxygens (including phenoxy) is 2. The van der Waals surface area contributed by atoms with Crippen LogP contribution in [0.25, 0.3) is 18.3 Å². The molecule has 5 heteroatoms. The lowest BCUT2D eigenvalue weighted by atomic mass is 10.1. The van der Waals surface area contributed by atoms with Gasteiger partial charge in [-0.3, -0.25) is 9.89 Å². The fourth-order valence-corrected chi connectivity index (χ4v) is 2.72. The van der Waals surface area contributed by atoms with E-state index in [-0.39, 0.29) is 5.56 Å². The first-order valence-electron chi connectivity index (χ1n) is 8.71. The second-order valence-corrected chi connectivity index (χ2v) is 5.86. The molecule has 0 aliphatic carbocycles. The van der Waals surface area contributed by atoms with E-state index in [1.54, 1.807) is 12.2 Å². The molecule has 0 fully saturated rings. The highest BCUT2D eigenvalue weighted by atomic mass is 16.5. The summed E-state index contributed by atoms with van der Waals surface area (Å²) < 4.78 is 12.8. The Hall–Kier alpha value is -3.47. The van der Waals surface area contributed by atoms with Crippen molar-refractivity contribution in [3.8, 4) is 17.2 Å². The van der Waals surface area contributed by atoms with Crippen molar-refractivity contribution >= 4 is 12.7 Å². The number of hydrogen-bond donors (Lipinski definition) is 1. The van der Waals surface area contributed by atoms with E-state index >= 15 is 0 Å². The second-order valence-electron chi connectivity index (χ2n) is 5.86. The monoisotopic (exact) mass is 362 g/mol. The quantitative estimate of drug-likeness (QED) is 0.657. The van der Waals surface area contributed by atoms with Crippen LogP contribution in [-0.4, -0.2) is 23.0 Å². The minimum atomic E-state index is -0.156. The highest BCUT2D eigenvalue weighted by Crippen LogP contribution is 2.28. The molecule has 27 heavy (non-hydrogen) atoms. The molecule has 0 spiro atoms. The van der Waals surface area contributed by atoms with Gasteiger partial charge >= 0.3 is 0 Å². The van der Waals surface area contributed by atoms with E-state index in [0.717, 1.165) is 11.3 Å². The van der Waals surface area contributed by atoms with Crippen LogP contribution < -0.4 is 25.6 Å². The number of para-hydroxylation sites is 1. The van der Waals surface area contributed by atoms with E-state index in [2.05, 4.69) is 18.3 Å². The van der Waals surface area contributed by atoms with Crippen LogP contribution in [0.4, 0.5) is 0 Å². The van der Waals surface area contributed by atoms with Crippen LogP contribution in [0.3, 0.4) is 0 Å². The van der Waals surface area contributed by atoms with E-state index < -0.39 is 0 Å². The van der Waals surface area contributed by atoms with E-state index in [1.807, 2.05) is 55.5 Å². The highest BCUT2D eigenvalue weighted by Gasteiger charge is 2.07. The van der Waals surface area contributed by atoms with E-state index in [9.17, 15) is 4.79 Å². The largest absolute Gasteiger partial charge is 0.490 e. The Balaban J connectivity index is 2.06. The summed E-state index contributed by atoms with van der Waals surface area (Å²) in [6.07, 6.45) is 3.47. The first-order valence-corrected chi connectivity index (χ1v) is 8.71. The molecule has 0 unspecified atom stereocenters. The number of hydrogen-bond acceptors (Lipinski definition) is 3. The summed E-state index contributed by atoms with van der Waals surface area (Å²) in [6.45, 7) is 10.4. The summed E-state index contributed by atoms with van der Waals surface area (Å²) in [5.41, 5.74) is 1.43. The summed E-state index contributed by atoms with van der Waals surface area (Å²) in [4.78, 5) is 12.8. The summed E-state index contributed by atoms with van der Waals surface area (Å²) in [5, 5.41) is 4.07. The first-order chi connectivity index (χ1) is 13.1. The van der Waals surface area contributed by atoms with Crippen molar-refractivity contribution in [2.45, 2.75) is 6.92 Å². The van der Waals surface area contributed by atoms with Crippen LogP contribution in [-0.2, 0) is 0 Å². The van der Waals surface area contributed by atoms with Gasteiger partial charge in [-0.1, -0.05) is 43.5 Å². The zero-order valence-electron chi connectivity index (χ0n) is 15.3. The highest BCUT2D eigenvalue weighted by molar-refractivity contribution is 5.56. The van der Waals surface area contributed by atoms with Crippen molar-refractivity contribution in [2.24, 2.45) is 0 Å². The van der Waals surface area contributed by atoms with Gasteiger partial charge in [-0.25, -0.2) is 4.68 Å². The fourth-order valence-electron chi connectivity index (χ4n) is 2.72. The van der Waals surface area contributed by atoms with Gasteiger partial charge in [0.25, 0.3) is 5.56 Å². The third kappa shape index (κ3) is 4.03. The number of aromatic amines is 1. The number of nitrogens with zero attached hydrogens (tertiary/aromatic N) is 1. The maximum absolute atomic E-state index is 12.8. The summed E-state index contributed by atoms with van der Waals surface area (Å²) in [7, 11) is 0. The van der Waals surface area contributed by atoms with Gasteiger partial charge in [0.05, 0.1) is 22.9 Å². The Morgan fingerprint density at radius 2 is 1.89 bits per heavy atom. The van der Waals surface area contributed by atoms with Crippen molar-refractivity contribution in [1.29, 1.82) is 0 Å². The maximum atomic E-state index is 12.8. The fraction of sp³-hybridized carbons (Fsp3) is 0.136. The minimum Gasteiger partial charge on any atom is -0.490 e. The molecule has 5 nitrogen and oxygen atoms in total. The Labute approximate surface area is 157 Å². The molecule has 3 rings (SSSR count). The van der Waals surface area contributed by atoms with Gasteiger partial charge in [-0.15, -0.1) is 0 Å². The molecule has 0 saturated heterocycles. The van der Waals surface area contributed by atoms with Crippen LogP contribution >= 0.6 is 0 Å². The SMILES string of the molecule is C=CCOc1ccc(/C=c2/c(=C)[nH]n(-c3ccccc3)c2=O)cc1OCC. The standard InChI is InChI=1S/C22H22N2O3/c1-4-13-27-20-12-11-17(15-21(20)26-5-2)14-19-16(3)23-24(22(19)25)18-9-7-6-8-10-18/h4,6-12,14-15,23H,1,3,5,13H2,2H3/b19-14-. The summed E-state index contributed by atoms with van der Waals surface area (Å²) in [6, 6.07) is 14.9. The molecule has 0 radical (unpaired) electrons. The van der Waals surface area contributed by atoms with Gasteiger partial charge < -0.3 is 9.47 Å². The molecule has 0 saturated carbocycles. The summed E-state index contributed by atoms with van der Waals surface area (Å²) >= 11 is 0. The summed E-state index contributed by atoms with van der Waals surface area (Å²) in [5.74, 6) is 1.26. The van der Waals surface area contributed by atoms with Crippen LogP contribution in [0, 0.1) is 0 Å². The molecule has 0 aliphatic heterocycles. The molecular formula is C22H22N2O3. The zero-order valence-corrected chi connectivity index (χ0v) is 15.3. The first kappa shape index (κ1) is 18.3. The molecule has 0 bridgehead atoms. The molecule has 0 atom stereocenters. The molecule has 3 aromatic rings. The van der Waals surface area contributed by atoms with Crippen LogP contribution in [0.1, 0.15) is 12.5 Å². The van der Waals surface area contributed by atoms with Crippen molar-refractivity contribution in [1.82, 2.24) is 9.78 Å². The maximum Gasteiger partial charge on any atom is 0.279 e. The Kier molecular flexibility index (Phi) is 5.61. The van der Waals surface area contributed by atoms with Crippen molar-refractivity contribution in [3.05, 3.63) is 87.7 Å². The molecule has 1 N–H and O–H groups in total. The number of nitrogens with one attached hydrogen (secondary N) is 1. The van der Waals surface area contributed by atoms with Crippen molar-refractivity contribution in [3.63, 3.8) is 0 Å². The minimum absolute atomic E-state index is 0.156. The molecule has 2 aromatic carbocycles. The molecule has 1 heterocycles. The smallest absolute Gasteiger partial charge is 0.279 e. The predicted octanol–water partition coefficient (Wildman–Crippen LogP) is 2.37. The van der Waals surface area contributed by atoms with Crippen molar-refractivity contribution in [2.75, 3.05) is 13.2 Å². The van der Waals surface area contributed by atoms with Gasteiger partial charge in [0.2, 0.25) is 0 Å². The lowest BCUT2D eigenvalue weighted by Crippen LogP contribution is -2.33. The van der Waals surface area contributed by atoms with Crippen LogP contribution in [0.15, 0.2) is 66.0 Å². The lowest BCUT2D eigenvalue weighted by molar-refractivity contribution is 0.297. The number of H-pyrrole nitrogens is 1. The molecular weight excluding hydrogens is 340 g/mol. The van der Waals surface area contributed by atoms with Crippen LogP contribution in [0.5, 0.6) is 11.5 Å². The van der Waals surface area contributed by atoms with Gasteiger partial charge in [-0.2, -0.15) is 0 Å². The second kappa shape index (κ2) is 8.27.